The van der Waals surface area contributed by atoms with Crippen LogP contribution >= 0.6 is 11.3 Å². The van der Waals surface area contributed by atoms with E-state index in [2.05, 4.69) is 39.9 Å². The highest BCUT2D eigenvalue weighted by Gasteiger charge is 2.11. The summed E-state index contributed by atoms with van der Waals surface area (Å²) in [5.41, 5.74) is 4.48. The third kappa shape index (κ3) is 5.81. The Labute approximate surface area is 159 Å². The maximum Gasteiger partial charge on any atom is 0.191 e. The Bertz CT molecular complexity index is 721. The van der Waals surface area contributed by atoms with E-state index in [-0.39, 0.29) is 0 Å². The second-order valence-corrected chi connectivity index (χ2v) is 7.16. The van der Waals surface area contributed by atoms with Crippen molar-refractivity contribution in [3.8, 4) is 0 Å². The molecule has 26 heavy (non-hydrogen) atoms. The van der Waals surface area contributed by atoms with Gasteiger partial charge in [-0.3, -0.25) is 4.68 Å². The molecule has 0 atom stereocenters. The lowest BCUT2D eigenvalue weighted by Crippen LogP contribution is -2.38. The molecule has 0 aliphatic rings. The summed E-state index contributed by atoms with van der Waals surface area (Å²) in [5.74, 6) is 0.822. The van der Waals surface area contributed by atoms with Gasteiger partial charge in [0.25, 0.3) is 0 Å². The van der Waals surface area contributed by atoms with E-state index in [1.54, 1.807) is 18.4 Å². The first-order valence-corrected chi connectivity index (χ1v) is 9.88. The number of hydrogen-bond donors (Lipinski definition) is 2. The molecular formula is C18H30N6OS. The fourth-order valence-electron chi connectivity index (χ4n) is 2.69. The van der Waals surface area contributed by atoms with Crippen LogP contribution in [-0.2, 0) is 24.2 Å². The summed E-state index contributed by atoms with van der Waals surface area (Å²) in [4.78, 5) is 9.22. The molecule has 7 nitrogen and oxygen atoms in total. The minimum absolute atomic E-state index is 0.607. The van der Waals surface area contributed by atoms with E-state index >= 15 is 0 Å². The molecule has 0 spiro atoms. The van der Waals surface area contributed by atoms with E-state index in [1.165, 1.54) is 5.56 Å². The fraction of sp³-hybridized carbons (Fsp3) is 0.611. The van der Waals surface area contributed by atoms with Crippen LogP contribution in [0.2, 0.25) is 0 Å². The summed E-state index contributed by atoms with van der Waals surface area (Å²) >= 11 is 1.69. The number of aryl methyl sites for hydroxylation is 2. The van der Waals surface area contributed by atoms with Crippen molar-refractivity contribution in [1.29, 1.82) is 0 Å². The Morgan fingerprint density at radius 1 is 1.31 bits per heavy atom. The van der Waals surface area contributed by atoms with Gasteiger partial charge in [-0.05, 0) is 27.7 Å². The summed E-state index contributed by atoms with van der Waals surface area (Å²) in [6, 6.07) is 0. The van der Waals surface area contributed by atoms with Crippen LogP contribution < -0.4 is 10.6 Å². The van der Waals surface area contributed by atoms with Crippen LogP contribution in [0.1, 0.15) is 34.6 Å². The zero-order valence-electron chi connectivity index (χ0n) is 16.4. The summed E-state index contributed by atoms with van der Waals surface area (Å²) in [7, 11) is 1.71. The molecule has 0 saturated carbocycles. The highest BCUT2D eigenvalue weighted by atomic mass is 32.1. The molecule has 144 valence electrons. The van der Waals surface area contributed by atoms with Crippen molar-refractivity contribution in [1.82, 2.24) is 25.4 Å². The summed E-state index contributed by atoms with van der Waals surface area (Å²) < 4.78 is 7.14. The molecule has 2 aromatic rings. The monoisotopic (exact) mass is 378 g/mol. The lowest BCUT2D eigenvalue weighted by Gasteiger charge is -2.11. The van der Waals surface area contributed by atoms with Gasteiger partial charge in [-0.15, -0.1) is 11.3 Å². The lowest BCUT2D eigenvalue weighted by molar-refractivity contribution is 0.182. The average molecular weight is 379 g/mol. The number of hydrogen-bond acceptors (Lipinski definition) is 5. The number of aliphatic imine (C=N–C) groups is 1. The van der Waals surface area contributed by atoms with Gasteiger partial charge in [-0.2, -0.15) is 5.10 Å². The third-order valence-electron chi connectivity index (χ3n) is 4.12. The Morgan fingerprint density at radius 2 is 2.12 bits per heavy atom. The molecule has 0 amide bonds. The second kappa shape index (κ2) is 10.3. The van der Waals surface area contributed by atoms with Gasteiger partial charge in [0.15, 0.2) is 5.96 Å². The van der Waals surface area contributed by atoms with Gasteiger partial charge in [0.2, 0.25) is 0 Å². The first-order valence-electron chi connectivity index (χ1n) is 9.00. The predicted molar refractivity (Wildman–Crippen MR) is 107 cm³/mol. The number of rotatable bonds is 9. The first kappa shape index (κ1) is 20.4. The van der Waals surface area contributed by atoms with Crippen molar-refractivity contribution in [2.24, 2.45) is 4.99 Å². The van der Waals surface area contributed by atoms with Crippen LogP contribution in [0.4, 0.5) is 0 Å². The average Bonchev–Trinajstić information content (AvgIpc) is 3.14. The second-order valence-electron chi connectivity index (χ2n) is 6.10. The quantitative estimate of drug-likeness (QED) is 0.517. The Balaban J connectivity index is 1.96. The third-order valence-corrected chi connectivity index (χ3v) is 4.94. The SMILES string of the molecule is CCNC(=NCc1c(C)nn(CCOC)c1C)NCCc1csc(C)n1. The smallest absolute Gasteiger partial charge is 0.191 e. The molecule has 0 aromatic carbocycles. The van der Waals surface area contributed by atoms with E-state index in [4.69, 9.17) is 9.73 Å². The Kier molecular flexibility index (Phi) is 8.06. The minimum atomic E-state index is 0.607. The number of ether oxygens (including phenoxy) is 1. The number of thiazole rings is 1. The normalized spacial score (nSPS) is 11.8. The van der Waals surface area contributed by atoms with Crippen molar-refractivity contribution in [3.63, 3.8) is 0 Å². The van der Waals surface area contributed by atoms with Gasteiger partial charge in [0.1, 0.15) is 0 Å². The molecule has 0 unspecified atom stereocenters. The predicted octanol–water partition coefficient (Wildman–Crippen LogP) is 2.21. The molecule has 8 heteroatoms. The van der Waals surface area contributed by atoms with Crippen molar-refractivity contribution >= 4 is 17.3 Å². The number of methoxy groups -OCH3 is 1. The first-order chi connectivity index (χ1) is 12.5. The molecule has 2 N–H and O–H groups in total. The van der Waals surface area contributed by atoms with Crippen molar-refractivity contribution in [3.05, 3.63) is 33.0 Å². The van der Waals surface area contributed by atoms with Crippen molar-refractivity contribution in [2.75, 3.05) is 26.8 Å². The largest absolute Gasteiger partial charge is 0.383 e. The number of nitrogens with zero attached hydrogens (tertiary/aromatic N) is 4. The highest BCUT2D eigenvalue weighted by Crippen LogP contribution is 2.14. The number of aromatic nitrogens is 3. The maximum absolute atomic E-state index is 5.15. The zero-order chi connectivity index (χ0) is 18.9. The van der Waals surface area contributed by atoms with Crippen LogP contribution in [0.3, 0.4) is 0 Å². The molecule has 2 rings (SSSR count). The molecule has 0 bridgehead atoms. The zero-order valence-corrected chi connectivity index (χ0v) is 17.2. The molecule has 0 radical (unpaired) electrons. The van der Waals surface area contributed by atoms with Crippen molar-refractivity contribution < 1.29 is 4.74 Å². The van der Waals surface area contributed by atoms with Crippen LogP contribution in [0.15, 0.2) is 10.4 Å². The van der Waals surface area contributed by atoms with Gasteiger partial charge in [-0.1, -0.05) is 0 Å². The number of nitrogens with one attached hydrogen (secondary N) is 2. The summed E-state index contributed by atoms with van der Waals surface area (Å²) in [6.45, 7) is 11.9. The Morgan fingerprint density at radius 3 is 2.77 bits per heavy atom. The van der Waals surface area contributed by atoms with Crippen molar-refractivity contribution in [2.45, 2.75) is 47.2 Å². The molecule has 2 aromatic heterocycles. The van der Waals surface area contributed by atoms with Gasteiger partial charge in [-0.25, -0.2) is 9.98 Å². The molecule has 0 aliphatic heterocycles. The molecule has 0 aliphatic carbocycles. The Hall–Kier alpha value is -1.93. The lowest BCUT2D eigenvalue weighted by atomic mass is 10.2. The van der Waals surface area contributed by atoms with E-state index in [9.17, 15) is 0 Å². The van der Waals surface area contributed by atoms with Crippen LogP contribution in [-0.4, -0.2) is 47.5 Å². The molecule has 0 fully saturated rings. The van der Waals surface area contributed by atoms with Crippen LogP contribution in [0, 0.1) is 20.8 Å². The van der Waals surface area contributed by atoms with Gasteiger partial charge in [0, 0.05) is 43.3 Å². The molecule has 2 heterocycles. The molecular weight excluding hydrogens is 348 g/mol. The van der Waals surface area contributed by atoms with E-state index in [1.807, 2.05) is 18.5 Å². The minimum Gasteiger partial charge on any atom is -0.383 e. The maximum atomic E-state index is 5.15. The summed E-state index contributed by atoms with van der Waals surface area (Å²) in [6.07, 6.45) is 0.891. The topological polar surface area (TPSA) is 76.4 Å². The summed E-state index contributed by atoms with van der Waals surface area (Å²) in [5, 5.41) is 14.5. The molecule has 0 saturated heterocycles. The van der Waals surface area contributed by atoms with Gasteiger partial charge in [0.05, 0.1) is 36.1 Å². The standard InChI is InChI=1S/C18H30N6OS/c1-6-19-18(20-8-7-16-12-26-15(4)22-16)21-11-17-13(2)23-24(14(17)3)9-10-25-5/h12H,6-11H2,1-5H3,(H2,19,20,21). The van der Waals surface area contributed by atoms with E-state index < -0.39 is 0 Å². The van der Waals surface area contributed by atoms with E-state index in [0.717, 1.165) is 54.1 Å². The van der Waals surface area contributed by atoms with Gasteiger partial charge < -0.3 is 15.4 Å². The van der Waals surface area contributed by atoms with E-state index in [0.29, 0.717) is 13.2 Å². The van der Waals surface area contributed by atoms with Gasteiger partial charge >= 0.3 is 0 Å². The van der Waals surface area contributed by atoms with Crippen LogP contribution in [0.25, 0.3) is 0 Å². The fourth-order valence-corrected chi connectivity index (χ4v) is 3.34. The highest BCUT2D eigenvalue weighted by molar-refractivity contribution is 7.09. The number of guanidine groups is 1. The van der Waals surface area contributed by atoms with Crippen LogP contribution in [0.5, 0.6) is 0 Å².